The van der Waals surface area contributed by atoms with Crippen LogP contribution in [0.15, 0.2) is 66.9 Å². The maximum absolute atomic E-state index is 12.6. The second-order valence-corrected chi connectivity index (χ2v) is 7.68. The summed E-state index contributed by atoms with van der Waals surface area (Å²) in [4.78, 5) is 28.8. The number of amides is 2. The minimum atomic E-state index is -0.527. The van der Waals surface area contributed by atoms with E-state index >= 15 is 0 Å². The molecule has 2 aromatic carbocycles. The number of benzene rings is 2. The molecule has 1 aliphatic heterocycles. The van der Waals surface area contributed by atoms with Gasteiger partial charge in [0.25, 0.3) is 17.6 Å². The Morgan fingerprint density at radius 3 is 2.26 bits per heavy atom. The molecule has 2 amide bonds. The van der Waals surface area contributed by atoms with E-state index in [-0.39, 0.29) is 11.8 Å². The molecule has 2 N–H and O–H groups in total. The Hall–Kier alpha value is -3.87. The molecule has 0 bridgehead atoms. The van der Waals surface area contributed by atoms with E-state index in [4.69, 9.17) is 9.47 Å². The Labute approximate surface area is 179 Å². The molecule has 5 rings (SSSR count). The number of aromatic nitrogens is 1. The fraction of sp³-hybridized carbons (Fsp3) is 0.208. The smallest absolute Gasteiger partial charge is 0.274 e. The first-order chi connectivity index (χ1) is 15.1. The zero-order chi connectivity index (χ0) is 21.3. The maximum atomic E-state index is 12.6. The molecular formula is C24H21N3O4. The Balaban J connectivity index is 1.23. The van der Waals surface area contributed by atoms with Crippen molar-refractivity contribution in [2.24, 2.45) is 0 Å². The highest BCUT2D eigenvalue weighted by Gasteiger charge is 2.44. The largest absolute Gasteiger partial charge is 0.448 e. The van der Waals surface area contributed by atoms with Crippen molar-refractivity contribution in [3.8, 4) is 11.5 Å². The van der Waals surface area contributed by atoms with Crippen LogP contribution in [0.2, 0.25) is 0 Å². The van der Waals surface area contributed by atoms with E-state index in [0.717, 1.165) is 25.7 Å². The predicted molar refractivity (Wildman–Crippen MR) is 115 cm³/mol. The SMILES string of the molecule is O=C(Nc1ccc2c(c1)OC1(CCCC1)O2)c1ccc(NC(=O)c2ccccn2)cc1. The van der Waals surface area contributed by atoms with Crippen LogP contribution < -0.4 is 20.1 Å². The van der Waals surface area contributed by atoms with Gasteiger partial charge in [0, 0.05) is 42.0 Å². The van der Waals surface area contributed by atoms with E-state index < -0.39 is 5.79 Å². The quantitative estimate of drug-likeness (QED) is 0.649. The lowest BCUT2D eigenvalue weighted by Gasteiger charge is -2.21. The molecule has 0 saturated heterocycles. The number of anilines is 2. The third-order valence-electron chi connectivity index (χ3n) is 5.46. The van der Waals surface area contributed by atoms with Crippen LogP contribution in [0.1, 0.15) is 46.5 Å². The molecule has 7 heteroatoms. The third-order valence-corrected chi connectivity index (χ3v) is 5.46. The molecule has 1 spiro atoms. The van der Waals surface area contributed by atoms with Gasteiger partial charge in [0.2, 0.25) is 0 Å². The Morgan fingerprint density at radius 2 is 1.52 bits per heavy atom. The average Bonchev–Trinajstić information content (AvgIpc) is 3.40. The van der Waals surface area contributed by atoms with E-state index in [1.54, 1.807) is 60.8 Å². The molecule has 0 atom stereocenters. The number of nitrogens with one attached hydrogen (secondary N) is 2. The molecule has 1 aliphatic carbocycles. The minimum absolute atomic E-state index is 0.253. The monoisotopic (exact) mass is 415 g/mol. The summed E-state index contributed by atoms with van der Waals surface area (Å²) in [6.07, 6.45) is 5.51. The summed E-state index contributed by atoms with van der Waals surface area (Å²) in [6, 6.07) is 17.2. The first kappa shape index (κ1) is 19.1. The zero-order valence-electron chi connectivity index (χ0n) is 16.8. The number of nitrogens with zero attached hydrogens (tertiary/aromatic N) is 1. The highest BCUT2D eigenvalue weighted by molar-refractivity contribution is 6.05. The van der Waals surface area contributed by atoms with Crippen LogP contribution >= 0.6 is 0 Å². The molecule has 2 heterocycles. The van der Waals surface area contributed by atoms with Gasteiger partial charge in [-0.2, -0.15) is 0 Å². The van der Waals surface area contributed by atoms with Crippen molar-refractivity contribution >= 4 is 23.2 Å². The van der Waals surface area contributed by atoms with E-state index in [9.17, 15) is 9.59 Å². The summed E-state index contributed by atoms with van der Waals surface area (Å²) in [6.45, 7) is 0. The fourth-order valence-electron chi connectivity index (χ4n) is 3.89. The third kappa shape index (κ3) is 3.94. The fourth-order valence-corrected chi connectivity index (χ4v) is 3.89. The maximum Gasteiger partial charge on any atom is 0.274 e. The van der Waals surface area contributed by atoms with Gasteiger partial charge in [-0.1, -0.05) is 6.07 Å². The second-order valence-electron chi connectivity index (χ2n) is 7.68. The molecule has 3 aromatic rings. The van der Waals surface area contributed by atoms with Crippen LogP contribution in [0.25, 0.3) is 0 Å². The van der Waals surface area contributed by atoms with Crippen molar-refractivity contribution in [3.05, 3.63) is 78.1 Å². The van der Waals surface area contributed by atoms with Gasteiger partial charge >= 0.3 is 0 Å². The molecule has 7 nitrogen and oxygen atoms in total. The number of pyridine rings is 1. The van der Waals surface area contributed by atoms with E-state index in [1.807, 2.05) is 6.07 Å². The summed E-state index contributed by atoms with van der Waals surface area (Å²) in [5.41, 5.74) is 2.01. The van der Waals surface area contributed by atoms with E-state index in [0.29, 0.717) is 34.1 Å². The summed E-state index contributed by atoms with van der Waals surface area (Å²) < 4.78 is 12.1. The first-order valence-electron chi connectivity index (χ1n) is 10.3. The molecule has 1 saturated carbocycles. The van der Waals surface area contributed by atoms with Crippen molar-refractivity contribution in [2.45, 2.75) is 31.5 Å². The number of hydrogen-bond donors (Lipinski definition) is 2. The van der Waals surface area contributed by atoms with Gasteiger partial charge in [-0.3, -0.25) is 14.6 Å². The van der Waals surface area contributed by atoms with Gasteiger partial charge in [-0.25, -0.2) is 0 Å². The van der Waals surface area contributed by atoms with Gasteiger partial charge in [0.1, 0.15) is 5.69 Å². The van der Waals surface area contributed by atoms with Crippen molar-refractivity contribution < 1.29 is 19.1 Å². The van der Waals surface area contributed by atoms with E-state index in [2.05, 4.69) is 15.6 Å². The normalized spacial score (nSPS) is 15.6. The predicted octanol–water partition coefficient (Wildman–Crippen LogP) is 4.63. The van der Waals surface area contributed by atoms with Crippen molar-refractivity contribution in [2.75, 3.05) is 10.6 Å². The van der Waals surface area contributed by atoms with E-state index in [1.165, 1.54) is 0 Å². The number of hydrogen-bond acceptors (Lipinski definition) is 5. The first-order valence-corrected chi connectivity index (χ1v) is 10.3. The van der Waals surface area contributed by atoms with Gasteiger partial charge in [0.05, 0.1) is 0 Å². The number of ether oxygens (including phenoxy) is 2. The summed E-state index contributed by atoms with van der Waals surface area (Å²) in [5, 5.41) is 5.64. The molecule has 31 heavy (non-hydrogen) atoms. The lowest BCUT2D eigenvalue weighted by atomic mass is 10.2. The summed E-state index contributed by atoms with van der Waals surface area (Å²) >= 11 is 0. The number of carbonyl (C=O) groups excluding carboxylic acids is 2. The molecule has 0 unspecified atom stereocenters. The Bertz CT molecular complexity index is 1120. The topological polar surface area (TPSA) is 89.5 Å². The van der Waals surface area contributed by atoms with Crippen LogP contribution in [0.5, 0.6) is 11.5 Å². The standard InChI is InChI=1S/C24H21N3O4/c28-22(16-6-8-17(9-7-16)26-23(29)19-5-1-4-14-25-19)27-18-10-11-20-21(15-18)31-24(30-20)12-2-3-13-24/h1,4-11,14-15H,2-3,12-13H2,(H,26,29)(H,27,28). The average molecular weight is 415 g/mol. The molecule has 1 aromatic heterocycles. The number of fused-ring (bicyclic) bond motifs is 1. The molecular weight excluding hydrogens is 394 g/mol. The van der Waals surface area contributed by atoms with Crippen LogP contribution in [0, 0.1) is 0 Å². The Morgan fingerprint density at radius 1 is 0.806 bits per heavy atom. The highest BCUT2D eigenvalue weighted by Crippen LogP contribution is 2.47. The lowest BCUT2D eigenvalue weighted by Crippen LogP contribution is -2.34. The van der Waals surface area contributed by atoms with Gasteiger partial charge in [0.15, 0.2) is 11.5 Å². The van der Waals surface area contributed by atoms with Crippen LogP contribution in [0.3, 0.4) is 0 Å². The lowest BCUT2D eigenvalue weighted by molar-refractivity contribution is -0.0716. The number of rotatable bonds is 4. The van der Waals surface area contributed by atoms with Crippen molar-refractivity contribution in [1.82, 2.24) is 4.98 Å². The van der Waals surface area contributed by atoms with Crippen LogP contribution in [-0.2, 0) is 0 Å². The molecule has 0 radical (unpaired) electrons. The van der Waals surface area contributed by atoms with Gasteiger partial charge in [-0.15, -0.1) is 0 Å². The van der Waals surface area contributed by atoms with Crippen LogP contribution in [0.4, 0.5) is 11.4 Å². The second kappa shape index (κ2) is 7.75. The molecule has 2 aliphatic rings. The van der Waals surface area contributed by atoms with Crippen molar-refractivity contribution in [1.29, 1.82) is 0 Å². The highest BCUT2D eigenvalue weighted by atomic mass is 16.7. The van der Waals surface area contributed by atoms with Crippen molar-refractivity contribution in [3.63, 3.8) is 0 Å². The zero-order valence-corrected chi connectivity index (χ0v) is 16.8. The van der Waals surface area contributed by atoms with Gasteiger partial charge in [-0.05, 0) is 61.4 Å². The number of carbonyl (C=O) groups is 2. The summed E-state index contributed by atoms with van der Waals surface area (Å²) in [5.74, 6) is 0.288. The van der Waals surface area contributed by atoms with Gasteiger partial charge < -0.3 is 20.1 Å². The van der Waals surface area contributed by atoms with Crippen LogP contribution in [-0.4, -0.2) is 22.6 Å². The molecule has 156 valence electrons. The Kier molecular flexibility index (Phi) is 4.78. The minimum Gasteiger partial charge on any atom is -0.448 e. The summed E-state index contributed by atoms with van der Waals surface area (Å²) in [7, 11) is 0. The molecule has 1 fully saturated rings.